The van der Waals surface area contributed by atoms with Gasteiger partial charge in [0.1, 0.15) is 5.69 Å². The van der Waals surface area contributed by atoms with Gasteiger partial charge in [0.15, 0.2) is 0 Å². The molecule has 0 bridgehead atoms. The largest absolute Gasteiger partial charge is 0.474 e. The Morgan fingerprint density at radius 2 is 1.83 bits per heavy atom. The molecule has 0 fully saturated rings. The van der Waals surface area contributed by atoms with Crippen molar-refractivity contribution in [3.05, 3.63) is 30.1 Å². The summed E-state index contributed by atoms with van der Waals surface area (Å²) in [5.74, 6) is 1.37. The molecule has 0 spiro atoms. The molecule has 0 saturated carbocycles. The molecule has 0 aliphatic heterocycles. The fourth-order valence-electron chi connectivity index (χ4n) is 1.55. The molecule has 0 aliphatic carbocycles. The zero-order valence-electron chi connectivity index (χ0n) is 11.0. The second kappa shape index (κ2) is 4.95. The SMILES string of the molecule is Cc1nc(N=Nc2ccc(N(C)C)cc2)[n+](C)[nH]1. The lowest BCUT2D eigenvalue weighted by Gasteiger charge is -2.11. The average Bonchev–Trinajstić information content (AvgIpc) is 2.66. The Bertz CT molecular complexity index is 552. The van der Waals surface area contributed by atoms with Gasteiger partial charge < -0.3 is 4.90 Å². The Morgan fingerprint density at radius 3 is 2.33 bits per heavy atom. The van der Waals surface area contributed by atoms with Crippen molar-refractivity contribution in [1.82, 2.24) is 10.1 Å². The molecule has 0 unspecified atom stereocenters. The van der Waals surface area contributed by atoms with Crippen LogP contribution in [0.15, 0.2) is 34.5 Å². The van der Waals surface area contributed by atoms with Crippen LogP contribution in [0.5, 0.6) is 0 Å². The Morgan fingerprint density at radius 1 is 1.17 bits per heavy atom. The summed E-state index contributed by atoms with van der Waals surface area (Å²) < 4.78 is 1.73. The lowest BCUT2D eigenvalue weighted by atomic mass is 10.3. The van der Waals surface area contributed by atoms with E-state index in [0.29, 0.717) is 5.95 Å². The molecule has 2 rings (SSSR count). The van der Waals surface area contributed by atoms with E-state index in [1.54, 1.807) is 4.68 Å². The minimum Gasteiger partial charge on any atom is -0.378 e. The molecule has 1 aromatic carbocycles. The fraction of sp³-hybridized carbons (Fsp3) is 0.333. The molecule has 2 aromatic rings. The van der Waals surface area contributed by atoms with Gasteiger partial charge in [0.2, 0.25) is 5.82 Å². The second-order valence-electron chi connectivity index (χ2n) is 4.28. The van der Waals surface area contributed by atoms with Gasteiger partial charge in [-0.15, -0.1) is 0 Å². The van der Waals surface area contributed by atoms with Gasteiger partial charge in [-0.25, -0.2) is 5.10 Å². The monoisotopic (exact) mass is 245 g/mol. The molecule has 0 atom stereocenters. The van der Waals surface area contributed by atoms with Crippen molar-refractivity contribution in [3.63, 3.8) is 0 Å². The third-order valence-corrected chi connectivity index (χ3v) is 2.52. The quantitative estimate of drug-likeness (QED) is 0.664. The Hall–Kier alpha value is -2.24. The van der Waals surface area contributed by atoms with Crippen molar-refractivity contribution in [2.75, 3.05) is 19.0 Å². The maximum atomic E-state index is 4.21. The van der Waals surface area contributed by atoms with Crippen LogP contribution in [-0.4, -0.2) is 24.2 Å². The number of anilines is 1. The zero-order valence-corrected chi connectivity index (χ0v) is 11.0. The van der Waals surface area contributed by atoms with Crippen LogP contribution in [0, 0.1) is 6.92 Å². The number of azo groups is 1. The molecule has 0 amide bonds. The zero-order chi connectivity index (χ0) is 13.1. The van der Waals surface area contributed by atoms with Crippen LogP contribution in [0.2, 0.25) is 0 Å². The van der Waals surface area contributed by atoms with Crippen molar-refractivity contribution in [3.8, 4) is 0 Å². The van der Waals surface area contributed by atoms with Gasteiger partial charge in [0, 0.05) is 26.7 Å². The molecule has 18 heavy (non-hydrogen) atoms. The summed E-state index contributed by atoms with van der Waals surface area (Å²) >= 11 is 0. The fourth-order valence-corrected chi connectivity index (χ4v) is 1.55. The summed E-state index contributed by atoms with van der Waals surface area (Å²) in [6.45, 7) is 1.88. The lowest BCUT2D eigenvalue weighted by Crippen LogP contribution is -2.29. The summed E-state index contributed by atoms with van der Waals surface area (Å²) in [5.41, 5.74) is 1.94. The number of benzene rings is 1. The maximum Gasteiger partial charge on any atom is 0.474 e. The number of rotatable bonds is 3. The van der Waals surface area contributed by atoms with E-state index in [1.165, 1.54) is 0 Å². The van der Waals surface area contributed by atoms with Gasteiger partial charge in [0.05, 0.1) is 12.2 Å². The van der Waals surface area contributed by atoms with E-state index < -0.39 is 0 Å². The minimum atomic E-state index is 0.559. The van der Waals surface area contributed by atoms with Gasteiger partial charge in [0.25, 0.3) is 0 Å². The summed E-state index contributed by atoms with van der Waals surface area (Å²) in [6, 6.07) is 7.87. The molecular formula is C12H17N6+. The van der Waals surface area contributed by atoms with E-state index in [-0.39, 0.29) is 0 Å². The van der Waals surface area contributed by atoms with E-state index in [1.807, 2.05) is 57.2 Å². The average molecular weight is 245 g/mol. The van der Waals surface area contributed by atoms with Gasteiger partial charge in [-0.3, -0.25) is 0 Å². The first-order valence-corrected chi connectivity index (χ1v) is 5.68. The second-order valence-corrected chi connectivity index (χ2v) is 4.28. The van der Waals surface area contributed by atoms with Gasteiger partial charge in [-0.2, -0.15) is 4.68 Å². The number of hydrogen-bond donors (Lipinski definition) is 1. The molecule has 6 nitrogen and oxygen atoms in total. The Balaban J connectivity index is 2.16. The summed E-state index contributed by atoms with van der Waals surface area (Å²) in [7, 11) is 5.86. The number of nitrogens with zero attached hydrogens (tertiary/aromatic N) is 5. The van der Waals surface area contributed by atoms with Gasteiger partial charge in [-0.1, -0.05) is 5.11 Å². The van der Waals surface area contributed by atoms with Crippen LogP contribution >= 0.6 is 0 Å². The minimum absolute atomic E-state index is 0.559. The van der Waals surface area contributed by atoms with Crippen LogP contribution < -0.4 is 9.58 Å². The van der Waals surface area contributed by atoms with E-state index in [9.17, 15) is 0 Å². The standard InChI is InChI=1S/C12H16N6/c1-9-13-12(18(4)16-9)15-14-10-5-7-11(8-6-10)17(2)3/h5-8H,1-4H3/p+1. The topological polar surface area (TPSA) is 60.5 Å². The van der Waals surface area contributed by atoms with Crippen LogP contribution in [0.4, 0.5) is 17.3 Å². The van der Waals surface area contributed by atoms with Crippen molar-refractivity contribution in [2.24, 2.45) is 17.3 Å². The Labute approximate surface area is 106 Å². The number of aromatic nitrogens is 3. The van der Waals surface area contributed by atoms with E-state index in [0.717, 1.165) is 17.2 Å². The van der Waals surface area contributed by atoms with Crippen molar-refractivity contribution < 1.29 is 4.68 Å². The Kier molecular flexibility index (Phi) is 3.36. The summed E-state index contributed by atoms with van der Waals surface area (Å²) in [4.78, 5) is 6.25. The van der Waals surface area contributed by atoms with Gasteiger partial charge >= 0.3 is 5.95 Å². The molecule has 0 saturated heterocycles. The smallest absolute Gasteiger partial charge is 0.378 e. The highest BCUT2D eigenvalue weighted by Gasteiger charge is 2.12. The van der Waals surface area contributed by atoms with E-state index >= 15 is 0 Å². The molecular weight excluding hydrogens is 228 g/mol. The summed E-state index contributed by atoms with van der Waals surface area (Å²) in [5, 5.41) is 11.3. The third kappa shape index (κ3) is 2.71. The number of aromatic amines is 1. The molecule has 1 aromatic heterocycles. The molecule has 0 radical (unpaired) electrons. The molecule has 1 N–H and O–H groups in total. The van der Waals surface area contributed by atoms with Crippen LogP contribution in [-0.2, 0) is 7.05 Å². The lowest BCUT2D eigenvalue weighted by molar-refractivity contribution is -0.716. The van der Waals surface area contributed by atoms with Crippen molar-refractivity contribution in [1.29, 1.82) is 0 Å². The first-order chi connectivity index (χ1) is 8.56. The summed E-state index contributed by atoms with van der Waals surface area (Å²) in [6.07, 6.45) is 0. The highest BCUT2D eigenvalue weighted by Crippen LogP contribution is 2.19. The number of H-pyrrole nitrogens is 1. The molecule has 6 heteroatoms. The number of nitrogens with one attached hydrogen (secondary N) is 1. The van der Waals surface area contributed by atoms with Crippen molar-refractivity contribution >= 4 is 17.3 Å². The van der Waals surface area contributed by atoms with E-state index in [4.69, 9.17) is 0 Å². The van der Waals surface area contributed by atoms with Crippen LogP contribution in [0.3, 0.4) is 0 Å². The third-order valence-electron chi connectivity index (χ3n) is 2.52. The maximum absolute atomic E-state index is 4.21. The predicted octanol–water partition coefficient (Wildman–Crippen LogP) is 2.02. The molecule has 0 aliphatic rings. The van der Waals surface area contributed by atoms with E-state index in [2.05, 4.69) is 20.3 Å². The first kappa shape index (κ1) is 12.2. The number of aryl methyl sites for hydroxylation is 2. The predicted molar refractivity (Wildman–Crippen MR) is 69.4 cm³/mol. The molecule has 1 heterocycles. The highest BCUT2D eigenvalue weighted by atomic mass is 15.4. The van der Waals surface area contributed by atoms with Crippen LogP contribution in [0.25, 0.3) is 0 Å². The van der Waals surface area contributed by atoms with Gasteiger partial charge in [-0.05, 0) is 29.2 Å². The van der Waals surface area contributed by atoms with Crippen molar-refractivity contribution in [2.45, 2.75) is 6.92 Å². The molecule has 94 valence electrons. The van der Waals surface area contributed by atoms with Crippen LogP contribution in [0.1, 0.15) is 5.82 Å². The first-order valence-electron chi connectivity index (χ1n) is 5.68. The normalized spacial score (nSPS) is 11.1. The number of hydrogen-bond acceptors (Lipinski definition) is 4. The highest BCUT2D eigenvalue weighted by molar-refractivity contribution is 5.51.